The normalized spacial score (nSPS) is 11.2. The summed E-state index contributed by atoms with van der Waals surface area (Å²) in [6, 6.07) is 5.45. The summed E-state index contributed by atoms with van der Waals surface area (Å²) in [6.07, 6.45) is -4.71. The summed E-state index contributed by atoms with van der Waals surface area (Å²) in [5.41, 5.74) is -1.61. The van der Waals surface area contributed by atoms with Crippen molar-refractivity contribution in [3.8, 4) is 5.75 Å². The highest BCUT2D eigenvalue weighted by atomic mass is 35.5. The number of hydrogen-bond acceptors (Lipinski definition) is 2. The Morgan fingerprint density at radius 2 is 1.79 bits per heavy atom. The van der Waals surface area contributed by atoms with Gasteiger partial charge in [0, 0.05) is 11.1 Å². The zero-order valence-corrected chi connectivity index (χ0v) is 12.5. The van der Waals surface area contributed by atoms with Crippen molar-refractivity contribution in [2.75, 3.05) is 11.9 Å². The maximum absolute atomic E-state index is 13.0. The molecule has 0 aromatic heterocycles. The number of amides is 1. The minimum atomic E-state index is -4.71. The Bertz CT molecular complexity index is 764. The van der Waals surface area contributed by atoms with Crippen LogP contribution in [0.2, 0.25) is 5.02 Å². The quantitative estimate of drug-likeness (QED) is 0.801. The number of benzene rings is 2. The first-order valence-corrected chi connectivity index (χ1v) is 6.79. The van der Waals surface area contributed by atoms with Gasteiger partial charge in [0.2, 0.25) is 0 Å². The molecule has 0 fully saturated rings. The van der Waals surface area contributed by atoms with Crippen molar-refractivity contribution in [2.24, 2.45) is 0 Å². The maximum Gasteiger partial charge on any atom is 0.418 e. The Hall–Kier alpha value is -2.35. The Kier molecular flexibility index (Phi) is 5.28. The molecule has 0 atom stereocenters. The lowest BCUT2D eigenvalue weighted by molar-refractivity contribution is -0.137. The van der Waals surface area contributed by atoms with Gasteiger partial charge in [0.1, 0.15) is 5.75 Å². The van der Waals surface area contributed by atoms with E-state index in [4.69, 9.17) is 16.3 Å². The molecule has 1 amide bonds. The maximum atomic E-state index is 13.0. The first-order chi connectivity index (χ1) is 11.2. The average molecular weight is 366 g/mol. The largest absolute Gasteiger partial charge is 0.484 e. The highest BCUT2D eigenvalue weighted by molar-refractivity contribution is 6.30. The molecule has 0 saturated heterocycles. The second-order valence-corrected chi connectivity index (χ2v) is 5.04. The smallest absolute Gasteiger partial charge is 0.418 e. The van der Waals surface area contributed by atoms with Crippen LogP contribution in [0.3, 0.4) is 0 Å². The molecule has 128 valence electrons. The van der Waals surface area contributed by atoms with Gasteiger partial charge in [0.15, 0.2) is 18.2 Å². The fourth-order valence-corrected chi connectivity index (χ4v) is 1.93. The average Bonchev–Trinajstić information content (AvgIpc) is 2.49. The van der Waals surface area contributed by atoms with Crippen molar-refractivity contribution in [3.05, 3.63) is 58.6 Å². The van der Waals surface area contributed by atoms with E-state index < -0.39 is 41.6 Å². The lowest BCUT2D eigenvalue weighted by atomic mass is 10.1. The molecule has 0 radical (unpaired) electrons. The van der Waals surface area contributed by atoms with Gasteiger partial charge in [0.05, 0.1) is 11.3 Å². The van der Waals surface area contributed by atoms with E-state index in [1.54, 1.807) is 0 Å². The zero-order valence-electron chi connectivity index (χ0n) is 11.8. The number of carbonyl (C=O) groups excluding carboxylic acids is 1. The van der Waals surface area contributed by atoms with Gasteiger partial charge in [-0.25, -0.2) is 8.78 Å². The van der Waals surface area contributed by atoms with E-state index in [0.29, 0.717) is 12.1 Å². The molecule has 0 aliphatic heterocycles. The second-order valence-electron chi connectivity index (χ2n) is 4.60. The van der Waals surface area contributed by atoms with Gasteiger partial charge >= 0.3 is 6.18 Å². The van der Waals surface area contributed by atoms with Gasteiger partial charge in [-0.15, -0.1) is 0 Å². The highest BCUT2D eigenvalue weighted by Gasteiger charge is 2.34. The molecular weight excluding hydrogens is 357 g/mol. The van der Waals surface area contributed by atoms with Crippen LogP contribution in [0.25, 0.3) is 0 Å². The molecule has 0 unspecified atom stereocenters. The summed E-state index contributed by atoms with van der Waals surface area (Å²) in [5.74, 6) is -3.32. The molecule has 0 aliphatic carbocycles. The summed E-state index contributed by atoms with van der Waals surface area (Å²) < 4.78 is 69.3. The van der Waals surface area contributed by atoms with Crippen LogP contribution in [0, 0.1) is 11.6 Å². The summed E-state index contributed by atoms with van der Waals surface area (Å²) in [7, 11) is 0. The molecule has 0 spiro atoms. The van der Waals surface area contributed by atoms with E-state index in [0.717, 1.165) is 18.2 Å². The van der Waals surface area contributed by atoms with Crippen molar-refractivity contribution >= 4 is 23.2 Å². The van der Waals surface area contributed by atoms with Gasteiger partial charge < -0.3 is 10.1 Å². The van der Waals surface area contributed by atoms with E-state index in [9.17, 15) is 26.7 Å². The highest BCUT2D eigenvalue weighted by Crippen LogP contribution is 2.36. The number of nitrogens with one attached hydrogen (secondary N) is 1. The number of hydrogen-bond donors (Lipinski definition) is 1. The topological polar surface area (TPSA) is 38.3 Å². The molecule has 2 rings (SSSR count). The lowest BCUT2D eigenvalue weighted by Gasteiger charge is -2.14. The van der Waals surface area contributed by atoms with Crippen molar-refractivity contribution in [1.29, 1.82) is 0 Å². The number of halogens is 6. The molecule has 0 heterocycles. The van der Waals surface area contributed by atoms with E-state index >= 15 is 0 Å². The van der Waals surface area contributed by atoms with E-state index in [2.05, 4.69) is 0 Å². The Balaban J connectivity index is 2.06. The van der Waals surface area contributed by atoms with Gasteiger partial charge in [-0.2, -0.15) is 13.2 Å². The van der Waals surface area contributed by atoms with E-state index in [1.165, 1.54) is 6.07 Å². The first-order valence-electron chi connectivity index (χ1n) is 6.41. The molecule has 2 aromatic rings. The number of anilines is 1. The third kappa shape index (κ3) is 4.58. The molecule has 1 N–H and O–H groups in total. The number of rotatable bonds is 4. The first kappa shape index (κ1) is 18.0. The standard InChI is InChI=1S/C15H9ClF5NO2/c16-8-1-4-13(10(5-8)15(19,20)21)22-14(23)7-24-9-2-3-11(17)12(18)6-9/h1-6H,7H2,(H,22,23). The minimum Gasteiger partial charge on any atom is -0.484 e. The van der Waals surface area contributed by atoms with Gasteiger partial charge in [-0.1, -0.05) is 11.6 Å². The van der Waals surface area contributed by atoms with Gasteiger partial charge in [-0.05, 0) is 30.3 Å². The van der Waals surface area contributed by atoms with Crippen molar-refractivity contribution in [2.45, 2.75) is 6.18 Å². The molecule has 0 aliphatic rings. The van der Waals surface area contributed by atoms with Crippen molar-refractivity contribution in [3.63, 3.8) is 0 Å². The van der Waals surface area contributed by atoms with Crippen LogP contribution >= 0.6 is 11.6 Å². The van der Waals surface area contributed by atoms with Crippen molar-refractivity contribution in [1.82, 2.24) is 0 Å². The molecule has 0 bridgehead atoms. The molecule has 9 heteroatoms. The molecule has 3 nitrogen and oxygen atoms in total. The fourth-order valence-electron chi connectivity index (χ4n) is 1.76. The van der Waals surface area contributed by atoms with Crippen molar-refractivity contribution < 1.29 is 31.5 Å². The summed E-state index contributed by atoms with van der Waals surface area (Å²) >= 11 is 5.52. The summed E-state index contributed by atoms with van der Waals surface area (Å²) in [6.45, 7) is -0.689. The van der Waals surface area contributed by atoms with Crippen LogP contribution in [0.1, 0.15) is 5.56 Å². The van der Waals surface area contributed by atoms with Crippen LogP contribution in [-0.4, -0.2) is 12.5 Å². The predicted octanol–water partition coefficient (Wildman–Crippen LogP) is 4.65. The number of ether oxygens (including phenoxy) is 1. The van der Waals surface area contributed by atoms with Crippen LogP contribution < -0.4 is 10.1 Å². The number of carbonyl (C=O) groups is 1. The van der Waals surface area contributed by atoms with Gasteiger partial charge in [-0.3, -0.25) is 4.79 Å². The van der Waals surface area contributed by atoms with Crippen LogP contribution in [0.15, 0.2) is 36.4 Å². The zero-order chi connectivity index (χ0) is 17.9. The fraction of sp³-hybridized carbons (Fsp3) is 0.133. The monoisotopic (exact) mass is 365 g/mol. The van der Waals surface area contributed by atoms with E-state index in [-0.39, 0.29) is 10.8 Å². The third-order valence-electron chi connectivity index (χ3n) is 2.82. The van der Waals surface area contributed by atoms with E-state index in [1.807, 2.05) is 5.32 Å². The molecule has 0 saturated carbocycles. The van der Waals surface area contributed by atoms with Crippen LogP contribution in [-0.2, 0) is 11.0 Å². The Morgan fingerprint density at radius 1 is 1.08 bits per heavy atom. The van der Waals surface area contributed by atoms with Crippen LogP contribution in [0.4, 0.5) is 27.6 Å². The summed E-state index contributed by atoms with van der Waals surface area (Å²) in [4.78, 5) is 11.7. The lowest BCUT2D eigenvalue weighted by Crippen LogP contribution is -2.22. The van der Waals surface area contributed by atoms with Gasteiger partial charge in [0.25, 0.3) is 5.91 Å². The summed E-state index contributed by atoms with van der Waals surface area (Å²) in [5, 5.41) is 1.89. The third-order valence-corrected chi connectivity index (χ3v) is 3.06. The molecule has 24 heavy (non-hydrogen) atoms. The predicted molar refractivity (Wildman–Crippen MR) is 76.9 cm³/mol. The SMILES string of the molecule is O=C(COc1ccc(F)c(F)c1)Nc1ccc(Cl)cc1C(F)(F)F. The Labute approximate surface area is 138 Å². The number of alkyl halides is 3. The Morgan fingerprint density at radius 3 is 2.42 bits per heavy atom. The molecular formula is C15H9ClF5NO2. The minimum absolute atomic E-state index is 0.140. The second kappa shape index (κ2) is 7.04. The van der Waals surface area contributed by atoms with Crippen LogP contribution in [0.5, 0.6) is 5.75 Å². The molecule has 2 aromatic carbocycles.